The Morgan fingerprint density at radius 1 is 1.12 bits per heavy atom. The largest absolute Gasteiger partial charge is 0.370 e. The first-order valence-corrected chi connectivity index (χ1v) is 6.46. The summed E-state index contributed by atoms with van der Waals surface area (Å²) in [4.78, 5) is 6.45. The molecule has 4 N–H and O–H groups in total. The second kappa shape index (κ2) is 7.49. The second-order valence-corrected chi connectivity index (χ2v) is 4.79. The quantitative estimate of drug-likeness (QED) is 0.561. The zero-order chi connectivity index (χ0) is 11.8. The summed E-state index contributed by atoms with van der Waals surface area (Å²) in [5.74, 6) is 0.200. The smallest absolute Gasteiger partial charge is 0.185 e. The molecule has 0 atom stereocenters. The van der Waals surface area contributed by atoms with Gasteiger partial charge in [0.2, 0.25) is 0 Å². The molecule has 4 nitrogen and oxygen atoms in total. The van der Waals surface area contributed by atoms with Crippen LogP contribution in [0.15, 0.2) is 4.99 Å². The first kappa shape index (κ1) is 13.3. The predicted molar refractivity (Wildman–Crippen MR) is 69.4 cm³/mol. The van der Waals surface area contributed by atoms with E-state index < -0.39 is 0 Å². The van der Waals surface area contributed by atoms with Gasteiger partial charge in [-0.2, -0.15) is 0 Å². The summed E-state index contributed by atoms with van der Waals surface area (Å²) >= 11 is 0. The summed E-state index contributed by atoms with van der Waals surface area (Å²) < 4.78 is 0. The van der Waals surface area contributed by atoms with Crippen molar-refractivity contribution >= 4 is 5.96 Å². The van der Waals surface area contributed by atoms with E-state index >= 15 is 0 Å². The fourth-order valence-electron chi connectivity index (χ4n) is 2.39. The Hall–Kier alpha value is -0.770. The molecule has 1 saturated carbocycles. The van der Waals surface area contributed by atoms with Gasteiger partial charge in [-0.3, -0.25) is 4.99 Å². The van der Waals surface area contributed by atoms with Gasteiger partial charge < -0.3 is 16.4 Å². The molecule has 0 aromatic rings. The predicted octanol–water partition coefficient (Wildman–Crippen LogP) is 1.30. The minimum atomic E-state index is 0.200. The van der Waals surface area contributed by atoms with E-state index in [4.69, 9.17) is 11.5 Å². The lowest BCUT2D eigenvalue weighted by Gasteiger charge is -2.29. The van der Waals surface area contributed by atoms with Crippen molar-refractivity contribution in [1.29, 1.82) is 0 Å². The van der Waals surface area contributed by atoms with Gasteiger partial charge in [0.1, 0.15) is 0 Å². The highest BCUT2D eigenvalue weighted by Crippen LogP contribution is 2.20. The molecule has 0 saturated heterocycles. The van der Waals surface area contributed by atoms with E-state index in [0.29, 0.717) is 0 Å². The van der Waals surface area contributed by atoms with E-state index in [2.05, 4.69) is 16.9 Å². The monoisotopic (exact) mass is 226 g/mol. The molecule has 0 radical (unpaired) electrons. The first-order valence-electron chi connectivity index (χ1n) is 6.46. The molecule has 1 aliphatic rings. The van der Waals surface area contributed by atoms with Crippen molar-refractivity contribution in [3.05, 3.63) is 0 Å². The van der Waals surface area contributed by atoms with Crippen molar-refractivity contribution < 1.29 is 0 Å². The number of likely N-dealkylation sites (N-methyl/N-ethyl adjacent to an activating group) is 1. The van der Waals surface area contributed by atoms with Crippen molar-refractivity contribution in [2.75, 3.05) is 20.1 Å². The van der Waals surface area contributed by atoms with Gasteiger partial charge in [0.05, 0.1) is 6.54 Å². The number of rotatable bonds is 4. The van der Waals surface area contributed by atoms with Crippen LogP contribution < -0.4 is 11.5 Å². The number of nitrogens with zero attached hydrogens (tertiary/aromatic N) is 2. The van der Waals surface area contributed by atoms with Crippen LogP contribution in [0.25, 0.3) is 0 Å². The molecule has 0 unspecified atom stereocenters. The summed E-state index contributed by atoms with van der Waals surface area (Å²) in [7, 11) is 2.19. The van der Waals surface area contributed by atoms with Crippen LogP contribution >= 0.6 is 0 Å². The molecule has 4 heteroatoms. The van der Waals surface area contributed by atoms with E-state index in [-0.39, 0.29) is 5.96 Å². The topological polar surface area (TPSA) is 67.6 Å². The Morgan fingerprint density at radius 2 is 1.69 bits per heavy atom. The Labute approximate surface area is 99.1 Å². The van der Waals surface area contributed by atoms with Gasteiger partial charge >= 0.3 is 0 Å². The van der Waals surface area contributed by atoms with Crippen LogP contribution in [0.2, 0.25) is 0 Å². The maximum atomic E-state index is 5.31. The van der Waals surface area contributed by atoms with Gasteiger partial charge in [-0.15, -0.1) is 0 Å². The average Bonchev–Trinajstić information content (AvgIpc) is 2.15. The Bertz CT molecular complexity index is 203. The number of nitrogens with two attached hydrogens (primary N) is 2. The number of hydrogen-bond donors (Lipinski definition) is 2. The van der Waals surface area contributed by atoms with Crippen molar-refractivity contribution in [1.82, 2.24) is 4.90 Å². The minimum Gasteiger partial charge on any atom is -0.370 e. The standard InChI is InChI=1S/C12H26N4/c1-16(10-9-15-12(13)14)11-7-5-3-2-4-6-8-11/h11H,2-10H2,1H3,(H4,13,14,15). The van der Waals surface area contributed by atoms with Crippen LogP contribution in [0.3, 0.4) is 0 Å². The first-order chi connectivity index (χ1) is 7.70. The van der Waals surface area contributed by atoms with Gasteiger partial charge in [0.25, 0.3) is 0 Å². The SMILES string of the molecule is CN(CCN=C(N)N)C1CCCCCCC1. The summed E-state index contributed by atoms with van der Waals surface area (Å²) in [5.41, 5.74) is 10.6. The molecule has 0 heterocycles. The van der Waals surface area contributed by atoms with E-state index in [1.165, 1.54) is 44.9 Å². The maximum Gasteiger partial charge on any atom is 0.185 e. The summed E-state index contributed by atoms with van der Waals surface area (Å²) in [6, 6.07) is 0.731. The highest BCUT2D eigenvalue weighted by atomic mass is 15.1. The second-order valence-electron chi connectivity index (χ2n) is 4.79. The average molecular weight is 226 g/mol. The lowest BCUT2D eigenvalue weighted by molar-refractivity contribution is 0.208. The van der Waals surface area contributed by atoms with Crippen LogP contribution in [0.1, 0.15) is 44.9 Å². The number of aliphatic imine (C=N–C) groups is 1. The number of guanidine groups is 1. The lowest BCUT2D eigenvalue weighted by atomic mass is 9.96. The molecular formula is C12H26N4. The van der Waals surface area contributed by atoms with E-state index in [1.54, 1.807) is 0 Å². The fraction of sp³-hybridized carbons (Fsp3) is 0.917. The molecule has 0 bridgehead atoms. The minimum absolute atomic E-state index is 0.200. The van der Waals surface area contributed by atoms with Gasteiger partial charge in [-0.25, -0.2) is 0 Å². The van der Waals surface area contributed by atoms with Crippen LogP contribution in [-0.2, 0) is 0 Å². The van der Waals surface area contributed by atoms with Crippen LogP contribution in [-0.4, -0.2) is 37.0 Å². The Balaban J connectivity index is 2.27. The zero-order valence-electron chi connectivity index (χ0n) is 10.5. The number of hydrogen-bond acceptors (Lipinski definition) is 2. The normalized spacial score (nSPS) is 19.1. The van der Waals surface area contributed by atoms with E-state index in [1.807, 2.05) is 0 Å². The van der Waals surface area contributed by atoms with Crippen molar-refractivity contribution in [3.63, 3.8) is 0 Å². The van der Waals surface area contributed by atoms with Gasteiger partial charge in [-0.05, 0) is 19.9 Å². The zero-order valence-corrected chi connectivity index (χ0v) is 10.5. The fourth-order valence-corrected chi connectivity index (χ4v) is 2.39. The van der Waals surface area contributed by atoms with Crippen LogP contribution in [0.4, 0.5) is 0 Å². The molecule has 94 valence electrons. The molecule has 1 aliphatic carbocycles. The molecule has 0 amide bonds. The van der Waals surface area contributed by atoms with Crippen LogP contribution in [0, 0.1) is 0 Å². The van der Waals surface area contributed by atoms with E-state index in [0.717, 1.165) is 19.1 Å². The van der Waals surface area contributed by atoms with Gasteiger partial charge in [-0.1, -0.05) is 32.1 Å². The third-order valence-electron chi connectivity index (χ3n) is 3.45. The summed E-state index contributed by atoms with van der Waals surface area (Å²) in [6.07, 6.45) is 9.63. The summed E-state index contributed by atoms with van der Waals surface area (Å²) in [5, 5.41) is 0. The third-order valence-corrected chi connectivity index (χ3v) is 3.45. The Morgan fingerprint density at radius 3 is 2.25 bits per heavy atom. The highest BCUT2D eigenvalue weighted by molar-refractivity contribution is 5.75. The van der Waals surface area contributed by atoms with Gasteiger partial charge in [0.15, 0.2) is 5.96 Å². The highest BCUT2D eigenvalue weighted by Gasteiger charge is 2.15. The molecule has 0 spiro atoms. The van der Waals surface area contributed by atoms with Crippen molar-refractivity contribution in [2.45, 2.75) is 51.0 Å². The Kier molecular flexibility index (Phi) is 6.23. The molecule has 1 rings (SSSR count). The van der Waals surface area contributed by atoms with Gasteiger partial charge in [0, 0.05) is 12.6 Å². The molecule has 0 aromatic carbocycles. The lowest BCUT2D eigenvalue weighted by Crippen LogP contribution is -2.35. The summed E-state index contributed by atoms with van der Waals surface area (Å²) in [6.45, 7) is 1.68. The molecule has 16 heavy (non-hydrogen) atoms. The molecule has 1 fully saturated rings. The molecular weight excluding hydrogens is 200 g/mol. The van der Waals surface area contributed by atoms with Crippen molar-refractivity contribution in [2.24, 2.45) is 16.5 Å². The maximum absolute atomic E-state index is 5.31. The van der Waals surface area contributed by atoms with Crippen LogP contribution in [0.5, 0.6) is 0 Å². The molecule has 0 aliphatic heterocycles. The molecule has 0 aromatic heterocycles. The van der Waals surface area contributed by atoms with Crippen molar-refractivity contribution in [3.8, 4) is 0 Å². The third kappa shape index (κ3) is 5.35. The van der Waals surface area contributed by atoms with E-state index in [9.17, 15) is 0 Å².